The van der Waals surface area contributed by atoms with E-state index in [0.717, 1.165) is 11.1 Å². The number of aliphatic hydroxyl groups excluding tert-OH is 1. The van der Waals surface area contributed by atoms with Crippen molar-refractivity contribution in [2.24, 2.45) is 5.92 Å². The van der Waals surface area contributed by atoms with Gasteiger partial charge in [0.1, 0.15) is 6.61 Å². The molecule has 4 rings (SSSR count). The average Bonchev–Trinajstić information content (AvgIpc) is 3.39. The number of methoxy groups -OCH3 is 3. The molecule has 3 aromatic carbocycles. The van der Waals surface area contributed by atoms with E-state index >= 15 is 0 Å². The van der Waals surface area contributed by atoms with Crippen LogP contribution in [0.5, 0.6) is 28.7 Å². The van der Waals surface area contributed by atoms with Crippen molar-refractivity contribution in [1.82, 2.24) is 0 Å². The molecule has 0 saturated heterocycles. The van der Waals surface area contributed by atoms with Gasteiger partial charge in [0, 0.05) is 0 Å². The molecule has 1 N–H and O–H groups in total. The summed E-state index contributed by atoms with van der Waals surface area (Å²) < 4.78 is 32.9. The first-order valence-corrected chi connectivity index (χ1v) is 11.6. The summed E-state index contributed by atoms with van der Waals surface area (Å²) in [7, 11) is 4.33. The van der Waals surface area contributed by atoms with Crippen LogP contribution in [0.1, 0.15) is 29.2 Å². The summed E-state index contributed by atoms with van der Waals surface area (Å²) in [5, 5.41) is 11.3. The highest BCUT2D eigenvalue weighted by atomic mass is 16.7. The summed E-state index contributed by atoms with van der Waals surface area (Å²) in [4.78, 5) is 12.7. The zero-order chi connectivity index (χ0) is 25.5. The van der Waals surface area contributed by atoms with Gasteiger partial charge in [-0.1, -0.05) is 36.4 Å². The maximum Gasteiger partial charge on any atom is 0.311 e. The maximum absolute atomic E-state index is 12.7. The van der Waals surface area contributed by atoms with E-state index in [9.17, 15) is 9.90 Å². The number of hydrogen-bond donors (Lipinski definition) is 1. The van der Waals surface area contributed by atoms with Gasteiger partial charge in [0.2, 0.25) is 12.5 Å². The largest absolute Gasteiger partial charge is 0.493 e. The zero-order valence-electron chi connectivity index (χ0n) is 20.6. The van der Waals surface area contributed by atoms with Crippen LogP contribution in [0.15, 0.2) is 60.7 Å². The Bertz CT molecular complexity index is 1150. The predicted molar refractivity (Wildman–Crippen MR) is 132 cm³/mol. The average molecular weight is 495 g/mol. The second kappa shape index (κ2) is 11.7. The van der Waals surface area contributed by atoms with E-state index in [0.29, 0.717) is 53.8 Å². The number of rotatable bonds is 11. The van der Waals surface area contributed by atoms with Crippen molar-refractivity contribution >= 4 is 5.97 Å². The fourth-order valence-electron chi connectivity index (χ4n) is 4.15. The minimum Gasteiger partial charge on any atom is -0.493 e. The Morgan fingerprint density at radius 1 is 0.917 bits per heavy atom. The predicted octanol–water partition coefficient (Wildman–Crippen LogP) is 4.47. The Balaban J connectivity index is 1.54. The molecule has 3 aromatic rings. The molecule has 36 heavy (non-hydrogen) atoms. The molecule has 0 spiro atoms. The van der Waals surface area contributed by atoms with Gasteiger partial charge in [-0.15, -0.1) is 0 Å². The van der Waals surface area contributed by atoms with Crippen molar-refractivity contribution in [3.05, 3.63) is 77.4 Å². The van der Waals surface area contributed by atoms with Crippen LogP contribution in [-0.2, 0) is 22.6 Å². The van der Waals surface area contributed by atoms with Gasteiger partial charge in [0.05, 0.1) is 33.4 Å². The molecule has 8 heteroatoms. The van der Waals surface area contributed by atoms with Gasteiger partial charge < -0.3 is 33.5 Å². The summed E-state index contributed by atoms with van der Waals surface area (Å²) in [5.41, 5.74) is 2.40. The number of carbonyl (C=O) groups excluding carboxylic acids is 1. The van der Waals surface area contributed by atoms with Crippen LogP contribution >= 0.6 is 0 Å². The van der Waals surface area contributed by atoms with E-state index in [1.807, 2.05) is 48.5 Å². The van der Waals surface area contributed by atoms with Crippen molar-refractivity contribution in [2.75, 3.05) is 28.1 Å². The van der Waals surface area contributed by atoms with Gasteiger partial charge in [-0.05, 0) is 53.8 Å². The van der Waals surface area contributed by atoms with Crippen molar-refractivity contribution < 1.29 is 38.3 Å². The van der Waals surface area contributed by atoms with Crippen LogP contribution in [0, 0.1) is 5.92 Å². The van der Waals surface area contributed by atoms with Gasteiger partial charge in [-0.2, -0.15) is 0 Å². The van der Waals surface area contributed by atoms with E-state index in [4.69, 9.17) is 28.4 Å². The molecular weight excluding hydrogens is 464 g/mol. The second-order valence-corrected chi connectivity index (χ2v) is 8.33. The molecule has 1 aliphatic heterocycles. The molecule has 190 valence electrons. The highest BCUT2D eigenvalue weighted by Crippen LogP contribution is 2.42. The number of ether oxygens (including phenoxy) is 6. The van der Waals surface area contributed by atoms with E-state index in [2.05, 4.69) is 0 Å². The number of aryl methyl sites for hydroxylation is 1. The molecule has 0 aromatic heterocycles. The molecule has 2 atom stereocenters. The molecule has 0 saturated carbocycles. The third-order valence-electron chi connectivity index (χ3n) is 6.12. The minimum atomic E-state index is -1.16. The van der Waals surface area contributed by atoms with Crippen molar-refractivity contribution in [3.8, 4) is 28.7 Å². The molecule has 0 fully saturated rings. The topological polar surface area (TPSA) is 92.7 Å². The molecule has 1 aliphatic rings. The molecule has 8 nitrogen and oxygen atoms in total. The van der Waals surface area contributed by atoms with Gasteiger partial charge in [0.25, 0.3) is 0 Å². The Kier molecular flexibility index (Phi) is 8.17. The molecule has 0 unspecified atom stereocenters. The van der Waals surface area contributed by atoms with Crippen LogP contribution in [0.2, 0.25) is 0 Å². The molecule has 1 heterocycles. The van der Waals surface area contributed by atoms with Gasteiger partial charge in [-0.3, -0.25) is 4.79 Å². The van der Waals surface area contributed by atoms with Gasteiger partial charge >= 0.3 is 5.97 Å². The Morgan fingerprint density at radius 2 is 1.61 bits per heavy atom. The lowest BCUT2D eigenvalue weighted by molar-refractivity contribution is -0.150. The molecule has 0 radical (unpaired) electrons. The van der Waals surface area contributed by atoms with E-state index in [-0.39, 0.29) is 6.79 Å². The summed E-state index contributed by atoms with van der Waals surface area (Å²) in [5.74, 6) is 1.23. The monoisotopic (exact) mass is 494 g/mol. The van der Waals surface area contributed by atoms with Crippen molar-refractivity contribution in [3.63, 3.8) is 0 Å². The van der Waals surface area contributed by atoms with Crippen molar-refractivity contribution in [2.45, 2.75) is 25.6 Å². The number of fused-ring (bicyclic) bond motifs is 1. The molecule has 0 bridgehead atoms. The highest BCUT2D eigenvalue weighted by molar-refractivity contribution is 5.73. The number of benzene rings is 3. The quantitative estimate of drug-likeness (QED) is 0.391. The van der Waals surface area contributed by atoms with Gasteiger partial charge in [0.15, 0.2) is 23.0 Å². The maximum atomic E-state index is 12.7. The van der Waals surface area contributed by atoms with Crippen molar-refractivity contribution in [1.29, 1.82) is 0 Å². The number of carbonyl (C=O) groups is 1. The minimum absolute atomic E-state index is 0.191. The van der Waals surface area contributed by atoms with Crippen LogP contribution in [0.3, 0.4) is 0 Å². The number of esters is 1. The normalized spacial score (nSPS) is 13.6. The van der Waals surface area contributed by atoms with E-state index < -0.39 is 18.0 Å². The number of aliphatic hydroxyl groups is 1. The summed E-state index contributed by atoms with van der Waals surface area (Å²) in [6.07, 6.45) is -0.276. The fraction of sp³-hybridized carbons (Fsp3) is 0.321. The lowest BCUT2D eigenvalue weighted by Gasteiger charge is -2.23. The summed E-state index contributed by atoms with van der Waals surface area (Å²) >= 11 is 0. The van der Waals surface area contributed by atoms with E-state index in [1.54, 1.807) is 12.1 Å². The van der Waals surface area contributed by atoms with Crippen LogP contribution in [-0.4, -0.2) is 39.2 Å². The lowest BCUT2D eigenvalue weighted by Crippen LogP contribution is -2.24. The fourth-order valence-corrected chi connectivity index (χ4v) is 4.15. The molecular formula is C28H30O8. The first-order chi connectivity index (χ1) is 17.5. The lowest BCUT2D eigenvalue weighted by atomic mass is 9.89. The standard InChI is InChI=1S/C28H30O8/c1-31-24-14-20(15-25(32-2)27(24)34-16-19-7-5-4-6-8-19)26(29)21(28(30)33-3)11-9-18-10-12-22-23(13-18)36-17-35-22/h4-8,10,12-15,21,26,29H,9,11,16-17H2,1-3H3/t21-,26+/m0/s1. The Labute approximate surface area is 210 Å². The third kappa shape index (κ3) is 5.66. The Hall–Kier alpha value is -3.91. The summed E-state index contributed by atoms with van der Waals surface area (Å²) in [6.45, 7) is 0.507. The smallest absolute Gasteiger partial charge is 0.311 e. The second-order valence-electron chi connectivity index (χ2n) is 8.33. The van der Waals surface area contributed by atoms with Gasteiger partial charge in [-0.25, -0.2) is 0 Å². The third-order valence-corrected chi connectivity index (χ3v) is 6.12. The summed E-state index contributed by atoms with van der Waals surface area (Å²) in [6, 6.07) is 18.7. The zero-order valence-corrected chi connectivity index (χ0v) is 20.6. The van der Waals surface area contributed by atoms with Crippen LogP contribution in [0.4, 0.5) is 0 Å². The molecule has 0 aliphatic carbocycles. The van der Waals surface area contributed by atoms with E-state index in [1.165, 1.54) is 21.3 Å². The number of hydrogen-bond acceptors (Lipinski definition) is 8. The first kappa shape index (κ1) is 25.2. The molecule has 0 amide bonds. The Morgan fingerprint density at radius 3 is 2.28 bits per heavy atom. The highest BCUT2D eigenvalue weighted by Gasteiger charge is 2.31. The SMILES string of the molecule is COC(=O)[C@@H](CCc1ccc2c(c1)OCO2)[C@H](O)c1cc(OC)c(OCc2ccccc2)c(OC)c1. The first-order valence-electron chi connectivity index (χ1n) is 11.6. The van der Waals surface area contributed by atoms with Crippen LogP contribution in [0.25, 0.3) is 0 Å². The van der Waals surface area contributed by atoms with Crippen LogP contribution < -0.4 is 23.7 Å².